The van der Waals surface area contributed by atoms with Gasteiger partial charge in [0.1, 0.15) is 0 Å². The van der Waals surface area contributed by atoms with E-state index in [9.17, 15) is 8.42 Å². The van der Waals surface area contributed by atoms with Gasteiger partial charge in [-0.15, -0.1) is 0 Å². The smallest absolute Gasteiger partial charge is 0.268 e. The number of rotatable bonds is 5. The first-order valence-electron chi connectivity index (χ1n) is 3.20. The first kappa shape index (κ1) is 11.2. The third kappa shape index (κ3) is 4.62. The number of hydrogen-bond donors (Lipinski definition) is 3. The number of aliphatic hydroxyl groups excluding tert-OH is 1. The molecule has 0 spiro atoms. The van der Waals surface area contributed by atoms with Gasteiger partial charge < -0.3 is 5.11 Å². The predicted molar refractivity (Wildman–Crippen MR) is 45.5 cm³/mol. The molecule has 2 N–H and O–H groups in total. The molecule has 0 bridgehead atoms. The fraction of sp³-hybridized carbons (Fsp3) is 1.00. The normalized spacial score (nSPS) is 14.8. The van der Waals surface area contributed by atoms with Gasteiger partial charge in [0.25, 0.3) is 10.1 Å². The van der Waals surface area contributed by atoms with Gasteiger partial charge in [-0.1, -0.05) is 0 Å². The van der Waals surface area contributed by atoms with Gasteiger partial charge in [0.15, 0.2) is 0 Å². The van der Waals surface area contributed by atoms with Crippen LogP contribution in [0, 0.1) is 0 Å². The highest BCUT2D eigenvalue weighted by atomic mass is 32.2. The molecule has 0 aromatic heterocycles. The van der Waals surface area contributed by atoms with E-state index in [0.717, 1.165) is 0 Å². The maximum Gasteiger partial charge on any atom is 0.268 e. The lowest BCUT2D eigenvalue weighted by atomic mass is 10.2. The third-order valence-electron chi connectivity index (χ3n) is 1.31. The monoisotopic (exact) mass is 200 g/mol. The second-order valence-corrected chi connectivity index (χ2v) is 4.25. The summed E-state index contributed by atoms with van der Waals surface area (Å²) in [5.74, 6) is 0.0822. The van der Waals surface area contributed by atoms with Crippen molar-refractivity contribution in [1.82, 2.24) is 0 Å². The van der Waals surface area contributed by atoms with E-state index in [1.807, 2.05) is 0 Å². The molecule has 1 unspecified atom stereocenters. The van der Waals surface area contributed by atoms with Crippen molar-refractivity contribution in [2.45, 2.75) is 18.1 Å². The number of aliphatic hydroxyl groups is 1. The van der Waals surface area contributed by atoms with Crippen molar-refractivity contribution >= 4 is 22.7 Å². The standard InChI is InChI=1S/C5H12O4S2/c6-3-1-2-5(4-10)11(7,8)9/h5-6,10H,1-4H2,(H,7,8,9). The molecule has 0 aromatic carbocycles. The Bertz CT molecular complexity index is 187. The summed E-state index contributed by atoms with van der Waals surface area (Å²) in [4.78, 5) is 0. The van der Waals surface area contributed by atoms with Crippen molar-refractivity contribution in [3.8, 4) is 0 Å². The maximum atomic E-state index is 10.5. The van der Waals surface area contributed by atoms with Crippen molar-refractivity contribution in [2.75, 3.05) is 12.4 Å². The minimum absolute atomic E-state index is 0.0696. The van der Waals surface area contributed by atoms with Crippen LogP contribution in [0.25, 0.3) is 0 Å². The highest BCUT2D eigenvalue weighted by Gasteiger charge is 2.20. The highest BCUT2D eigenvalue weighted by molar-refractivity contribution is 7.88. The minimum Gasteiger partial charge on any atom is -0.396 e. The van der Waals surface area contributed by atoms with Crippen LogP contribution in [0.2, 0.25) is 0 Å². The number of thiol groups is 1. The minimum atomic E-state index is -3.97. The zero-order chi connectivity index (χ0) is 8.91. The lowest BCUT2D eigenvalue weighted by molar-refractivity contribution is 0.283. The lowest BCUT2D eigenvalue weighted by Gasteiger charge is -2.08. The van der Waals surface area contributed by atoms with Gasteiger partial charge >= 0.3 is 0 Å². The zero-order valence-corrected chi connectivity index (χ0v) is 7.68. The van der Waals surface area contributed by atoms with Crippen LogP contribution < -0.4 is 0 Å². The molecule has 68 valence electrons. The van der Waals surface area contributed by atoms with Crippen molar-refractivity contribution < 1.29 is 18.1 Å². The maximum absolute atomic E-state index is 10.5. The summed E-state index contributed by atoms with van der Waals surface area (Å²) < 4.78 is 29.5. The van der Waals surface area contributed by atoms with E-state index < -0.39 is 15.4 Å². The quantitative estimate of drug-likeness (QED) is 0.429. The van der Waals surface area contributed by atoms with Crippen molar-refractivity contribution in [3.05, 3.63) is 0 Å². The molecule has 0 heterocycles. The average Bonchev–Trinajstić information content (AvgIpc) is 1.87. The van der Waals surface area contributed by atoms with E-state index in [-0.39, 0.29) is 18.8 Å². The Morgan fingerprint density at radius 2 is 2.00 bits per heavy atom. The van der Waals surface area contributed by atoms with E-state index in [2.05, 4.69) is 12.6 Å². The molecule has 4 nitrogen and oxygen atoms in total. The van der Waals surface area contributed by atoms with Gasteiger partial charge in [0.05, 0.1) is 5.25 Å². The van der Waals surface area contributed by atoms with Crippen molar-refractivity contribution in [2.24, 2.45) is 0 Å². The highest BCUT2D eigenvalue weighted by Crippen LogP contribution is 2.08. The molecule has 0 aliphatic rings. The van der Waals surface area contributed by atoms with Crippen molar-refractivity contribution in [1.29, 1.82) is 0 Å². The summed E-state index contributed by atoms with van der Waals surface area (Å²) in [6, 6.07) is 0. The molecule has 0 saturated carbocycles. The largest absolute Gasteiger partial charge is 0.396 e. The Balaban J connectivity index is 3.97. The SMILES string of the molecule is O=S(=O)(O)C(CS)CCCO. The predicted octanol–water partition coefficient (Wildman–Crippen LogP) is -0.0549. The summed E-state index contributed by atoms with van der Waals surface area (Å²) in [5, 5.41) is 7.53. The zero-order valence-electron chi connectivity index (χ0n) is 5.97. The second-order valence-electron chi connectivity index (χ2n) is 2.19. The molecule has 11 heavy (non-hydrogen) atoms. The third-order valence-corrected chi connectivity index (χ3v) is 3.24. The fourth-order valence-corrected chi connectivity index (χ4v) is 2.05. The number of hydrogen-bond acceptors (Lipinski definition) is 4. The van der Waals surface area contributed by atoms with Gasteiger partial charge in [0, 0.05) is 12.4 Å². The topological polar surface area (TPSA) is 74.6 Å². The van der Waals surface area contributed by atoms with Crippen LogP contribution >= 0.6 is 12.6 Å². The lowest BCUT2D eigenvalue weighted by Crippen LogP contribution is -2.22. The van der Waals surface area contributed by atoms with Gasteiger partial charge in [-0.2, -0.15) is 21.0 Å². The molecular formula is C5H12O4S2. The molecule has 0 aliphatic carbocycles. The Morgan fingerprint density at radius 3 is 2.27 bits per heavy atom. The summed E-state index contributed by atoms with van der Waals surface area (Å²) in [6.45, 7) is -0.0696. The van der Waals surface area contributed by atoms with Gasteiger partial charge in [-0.25, -0.2) is 0 Å². The molecule has 0 saturated heterocycles. The molecule has 0 amide bonds. The fourth-order valence-electron chi connectivity index (χ4n) is 0.653. The summed E-state index contributed by atoms with van der Waals surface area (Å²) in [5.41, 5.74) is 0. The molecule has 0 fully saturated rings. The summed E-state index contributed by atoms with van der Waals surface area (Å²) in [6.07, 6.45) is 0.615. The van der Waals surface area contributed by atoms with E-state index in [1.54, 1.807) is 0 Å². The summed E-state index contributed by atoms with van der Waals surface area (Å²) in [7, 11) is -3.97. The molecule has 6 heteroatoms. The molecule has 0 radical (unpaired) electrons. The van der Waals surface area contributed by atoms with E-state index >= 15 is 0 Å². The van der Waals surface area contributed by atoms with Crippen LogP contribution in [0.1, 0.15) is 12.8 Å². The Labute approximate surface area is 71.8 Å². The molecule has 0 rings (SSSR count). The first-order chi connectivity index (χ1) is 5.02. The van der Waals surface area contributed by atoms with Crippen LogP contribution in [0.15, 0.2) is 0 Å². The van der Waals surface area contributed by atoms with E-state index in [4.69, 9.17) is 9.66 Å². The van der Waals surface area contributed by atoms with E-state index in [1.165, 1.54) is 0 Å². The average molecular weight is 200 g/mol. The molecular weight excluding hydrogens is 188 g/mol. The van der Waals surface area contributed by atoms with E-state index in [0.29, 0.717) is 6.42 Å². The van der Waals surface area contributed by atoms with Crippen LogP contribution in [0.5, 0.6) is 0 Å². The Hall–Kier alpha value is 0.220. The van der Waals surface area contributed by atoms with Gasteiger partial charge in [0.2, 0.25) is 0 Å². The Kier molecular flexibility index (Phi) is 5.07. The van der Waals surface area contributed by atoms with Gasteiger partial charge in [-0.3, -0.25) is 4.55 Å². The second kappa shape index (κ2) is 4.97. The van der Waals surface area contributed by atoms with Crippen LogP contribution in [-0.4, -0.2) is 35.7 Å². The first-order valence-corrected chi connectivity index (χ1v) is 5.34. The van der Waals surface area contributed by atoms with Crippen LogP contribution in [0.3, 0.4) is 0 Å². The molecule has 0 aliphatic heterocycles. The van der Waals surface area contributed by atoms with Crippen molar-refractivity contribution in [3.63, 3.8) is 0 Å². The summed E-state index contributed by atoms with van der Waals surface area (Å²) >= 11 is 3.76. The van der Waals surface area contributed by atoms with Crippen LogP contribution in [0.4, 0.5) is 0 Å². The molecule has 1 atom stereocenters. The Morgan fingerprint density at radius 1 is 1.45 bits per heavy atom. The van der Waals surface area contributed by atoms with Crippen LogP contribution in [-0.2, 0) is 10.1 Å². The van der Waals surface area contributed by atoms with Gasteiger partial charge in [-0.05, 0) is 12.8 Å². The molecule has 0 aromatic rings.